The summed E-state index contributed by atoms with van der Waals surface area (Å²) in [5.74, 6) is 0. The van der Waals surface area contributed by atoms with Gasteiger partial charge >= 0.3 is 0 Å². The van der Waals surface area contributed by atoms with Crippen LogP contribution in [0.1, 0.15) is 90.4 Å². The second-order valence-corrected chi connectivity index (χ2v) is 6.40. The number of unbranched alkanes of at least 4 members (excludes halogenated alkanes) is 7. The first kappa shape index (κ1) is 17.0. The average molecular weight is 269 g/mol. The Morgan fingerprint density at radius 1 is 0.842 bits per heavy atom. The molecule has 1 aliphatic rings. The minimum atomic E-state index is 0.0688. The Morgan fingerprint density at radius 3 is 2.00 bits per heavy atom. The molecule has 114 valence electrons. The number of hydrogen-bond acceptors (Lipinski definition) is 2. The van der Waals surface area contributed by atoms with Crippen molar-refractivity contribution in [3.8, 4) is 0 Å². The van der Waals surface area contributed by atoms with Crippen LogP contribution in [0, 0.1) is 0 Å². The summed E-state index contributed by atoms with van der Waals surface area (Å²) in [6.07, 6.45) is 17.2. The van der Waals surface area contributed by atoms with E-state index in [-0.39, 0.29) is 5.54 Å². The zero-order valence-electron chi connectivity index (χ0n) is 13.1. The molecular weight excluding hydrogens is 234 g/mol. The molecule has 0 atom stereocenters. The SMILES string of the molecule is CCCCCCCCCCNC1(CO)CCCCC1. The van der Waals surface area contributed by atoms with Crippen LogP contribution >= 0.6 is 0 Å². The Kier molecular flexibility index (Phi) is 9.54. The molecule has 0 aromatic carbocycles. The van der Waals surface area contributed by atoms with Crippen molar-refractivity contribution in [2.75, 3.05) is 13.2 Å². The van der Waals surface area contributed by atoms with Gasteiger partial charge in [-0.1, -0.05) is 71.1 Å². The van der Waals surface area contributed by atoms with E-state index in [1.165, 1.54) is 83.5 Å². The van der Waals surface area contributed by atoms with E-state index in [0.717, 1.165) is 6.54 Å². The van der Waals surface area contributed by atoms with Gasteiger partial charge in [0.15, 0.2) is 0 Å². The van der Waals surface area contributed by atoms with Crippen LogP contribution in [0.5, 0.6) is 0 Å². The number of aliphatic hydroxyl groups excluding tert-OH is 1. The lowest BCUT2D eigenvalue weighted by Gasteiger charge is -2.36. The lowest BCUT2D eigenvalue weighted by Crippen LogP contribution is -2.50. The van der Waals surface area contributed by atoms with Crippen LogP contribution < -0.4 is 5.32 Å². The Morgan fingerprint density at radius 2 is 1.42 bits per heavy atom. The molecule has 0 unspecified atom stereocenters. The third-order valence-corrected chi connectivity index (χ3v) is 4.64. The van der Waals surface area contributed by atoms with E-state index in [2.05, 4.69) is 12.2 Å². The van der Waals surface area contributed by atoms with Crippen LogP contribution in [-0.2, 0) is 0 Å². The molecule has 0 aliphatic heterocycles. The minimum Gasteiger partial charge on any atom is -0.394 e. The Labute approximate surface area is 120 Å². The molecule has 2 nitrogen and oxygen atoms in total. The Bertz CT molecular complexity index is 199. The van der Waals surface area contributed by atoms with Crippen molar-refractivity contribution in [2.24, 2.45) is 0 Å². The van der Waals surface area contributed by atoms with Crippen molar-refractivity contribution in [1.82, 2.24) is 5.32 Å². The molecule has 19 heavy (non-hydrogen) atoms. The zero-order valence-corrected chi connectivity index (χ0v) is 13.1. The van der Waals surface area contributed by atoms with Gasteiger partial charge in [0.2, 0.25) is 0 Å². The van der Waals surface area contributed by atoms with Crippen LogP contribution in [0.25, 0.3) is 0 Å². The predicted octanol–water partition coefficient (Wildman–Crippen LogP) is 4.41. The molecule has 0 spiro atoms. The molecule has 0 bridgehead atoms. The summed E-state index contributed by atoms with van der Waals surface area (Å²) in [4.78, 5) is 0. The first-order valence-electron chi connectivity index (χ1n) is 8.69. The van der Waals surface area contributed by atoms with Crippen molar-refractivity contribution in [1.29, 1.82) is 0 Å². The second kappa shape index (κ2) is 10.7. The first-order chi connectivity index (χ1) is 9.33. The highest BCUT2D eigenvalue weighted by Gasteiger charge is 2.30. The van der Waals surface area contributed by atoms with Gasteiger partial charge in [-0.2, -0.15) is 0 Å². The molecular formula is C17H35NO. The smallest absolute Gasteiger partial charge is 0.0613 e. The van der Waals surface area contributed by atoms with Gasteiger partial charge in [0.25, 0.3) is 0 Å². The molecule has 0 aromatic heterocycles. The molecule has 1 saturated carbocycles. The summed E-state index contributed by atoms with van der Waals surface area (Å²) >= 11 is 0. The lowest BCUT2D eigenvalue weighted by molar-refractivity contribution is 0.121. The van der Waals surface area contributed by atoms with Gasteiger partial charge in [-0.05, 0) is 25.8 Å². The maximum absolute atomic E-state index is 9.60. The van der Waals surface area contributed by atoms with Crippen molar-refractivity contribution in [3.63, 3.8) is 0 Å². The van der Waals surface area contributed by atoms with Crippen molar-refractivity contribution < 1.29 is 5.11 Å². The molecule has 1 aliphatic carbocycles. The number of aliphatic hydroxyl groups is 1. The summed E-state index contributed by atoms with van der Waals surface area (Å²) < 4.78 is 0. The summed E-state index contributed by atoms with van der Waals surface area (Å²) in [7, 11) is 0. The van der Waals surface area contributed by atoms with E-state index in [9.17, 15) is 5.11 Å². The highest BCUT2D eigenvalue weighted by Crippen LogP contribution is 2.27. The highest BCUT2D eigenvalue weighted by molar-refractivity contribution is 4.89. The van der Waals surface area contributed by atoms with E-state index >= 15 is 0 Å². The van der Waals surface area contributed by atoms with Crippen LogP contribution in [0.2, 0.25) is 0 Å². The van der Waals surface area contributed by atoms with E-state index in [1.54, 1.807) is 0 Å². The largest absolute Gasteiger partial charge is 0.394 e. The van der Waals surface area contributed by atoms with Gasteiger partial charge in [0.1, 0.15) is 0 Å². The summed E-state index contributed by atoms with van der Waals surface area (Å²) in [6, 6.07) is 0. The fourth-order valence-electron chi connectivity index (χ4n) is 3.23. The summed E-state index contributed by atoms with van der Waals surface area (Å²) in [5.41, 5.74) is 0.0688. The van der Waals surface area contributed by atoms with Crippen molar-refractivity contribution in [3.05, 3.63) is 0 Å². The first-order valence-corrected chi connectivity index (χ1v) is 8.69. The van der Waals surface area contributed by atoms with Gasteiger partial charge in [-0.3, -0.25) is 0 Å². The number of hydrogen-bond donors (Lipinski definition) is 2. The highest BCUT2D eigenvalue weighted by atomic mass is 16.3. The molecule has 0 radical (unpaired) electrons. The molecule has 1 rings (SSSR count). The standard InChI is InChI=1S/C17H35NO/c1-2-3-4-5-6-7-8-12-15-18-17(16-19)13-10-9-11-14-17/h18-19H,2-16H2,1H3. The molecule has 0 heterocycles. The van der Waals surface area contributed by atoms with Crippen LogP contribution in [0.15, 0.2) is 0 Å². The van der Waals surface area contributed by atoms with E-state index in [0.29, 0.717) is 6.61 Å². The normalized spacial score (nSPS) is 18.6. The topological polar surface area (TPSA) is 32.3 Å². The maximum atomic E-state index is 9.60. The molecule has 1 fully saturated rings. The van der Waals surface area contributed by atoms with Crippen LogP contribution in [0.3, 0.4) is 0 Å². The second-order valence-electron chi connectivity index (χ2n) is 6.40. The quantitative estimate of drug-likeness (QED) is 0.544. The Hall–Kier alpha value is -0.0800. The molecule has 2 heteroatoms. The molecule has 2 N–H and O–H groups in total. The lowest BCUT2D eigenvalue weighted by atomic mass is 9.82. The van der Waals surface area contributed by atoms with Gasteiger partial charge in [0, 0.05) is 5.54 Å². The fraction of sp³-hybridized carbons (Fsp3) is 1.00. The zero-order chi connectivity index (χ0) is 13.8. The Balaban J connectivity index is 1.94. The van der Waals surface area contributed by atoms with E-state index in [4.69, 9.17) is 0 Å². The van der Waals surface area contributed by atoms with Gasteiger partial charge < -0.3 is 10.4 Å². The maximum Gasteiger partial charge on any atom is 0.0613 e. The predicted molar refractivity (Wildman–Crippen MR) is 83.5 cm³/mol. The minimum absolute atomic E-state index is 0.0688. The van der Waals surface area contributed by atoms with Gasteiger partial charge in [-0.15, -0.1) is 0 Å². The molecule has 0 saturated heterocycles. The van der Waals surface area contributed by atoms with Gasteiger partial charge in [-0.25, -0.2) is 0 Å². The summed E-state index contributed by atoms with van der Waals surface area (Å²) in [6.45, 7) is 3.69. The third kappa shape index (κ3) is 7.31. The van der Waals surface area contributed by atoms with Crippen molar-refractivity contribution >= 4 is 0 Å². The average Bonchev–Trinajstić information content (AvgIpc) is 2.46. The van der Waals surface area contributed by atoms with E-state index in [1.807, 2.05) is 0 Å². The number of rotatable bonds is 11. The van der Waals surface area contributed by atoms with E-state index < -0.39 is 0 Å². The molecule has 0 amide bonds. The van der Waals surface area contributed by atoms with Crippen LogP contribution in [-0.4, -0.2) is 23.8 Å². The monoisotopic (exact) mass is 269 g/mol. The van der Waals surface area contributed by atoms with Crippen LogP contribution in [0.4, 0.5) is 0 Å². The third-order valence-electron chi connectivity index (χ3n) is 4.64. The summed E-state index contributed by atoms with van der Waals surface area (Å²) in [5, 5.41) is 13.2. The fourth-order valence-corrected chi connectivity index (χ4v) is 3.23. The van der Waals surface area contributed by atoms with Crippen molar-refractivity contribution in [2.45, 2.75) is 95.9 Å². The van der Waals surface area contributed by atoms with Gasteiger partial charge in [0.05, 0.1) is 6.61 Å². The number of nitrogens with one attached hydrogen (secondary N) is 1. The molecule has 0 aromatic rings.